The highest BCUT2D eigenvalue weighted by Gasteiger charge is 2.28. The Labute approximate surface area is 198 Å². The minimum atomic E-state index is -0.244. The molecule has 0 spiro atoms. The molecule has 2 aromatic carbocycles. The molecule has 1 saturated heterocycles. The van der Waals surface area contributed by atoms with Crippen LogP contribution in [-0.2, 0) is 14.3 Å². The van der Waals surface area contributed by atoms with Gasteiger partial charge in [-0.3, -0.25) is 9.59 Å². The molecule has 2 aromatic rings. The number of para-hydroxylation sites is 1. The van der Waals surface area contributed by atoms with Crippen LogP contribution in [-0.4, -0.2) is 43.1 Å². The number of piperidine rings is 1. The van der Waals surface area contributed by atoms with E-state index >= 15 is 0 Å². The first-order valence-electron chi connectivity index (χ1n) is 10.8. The molecule has 3 rings (SSSR count). The lowest BCUT2D eigenvalue weighted by molar-refractivity contribution is -0.150. The van der Waals surface area contributed by atoms with Crippen molar-refractivity contribution in [2.24, 2.45) is 5.92 Å². The fourth-order valence-electron chi connectivity index (χ4n) is 3.53. The maximum Gasteiger partial charge on any atom is 0.310 e. The summed E-state index contributed by atoms with van der Waals surface area (Å²) >= 11 is 8.06. The number of carbonyl (C=O) groups is 2. The summed E-state index contributed by atoms with van der Waals surface area (Å²) in [5.74, 6) is 0.249. The average molecular weight is 474 g/mol. The number of ether oxygens (including phenoxy) is 2. The maximum atomic E-state index is 12.6. The van der Waals surface area contributed by atoms with Crippen molar-refractivity contribution in [2.45, 2.75) is 36.5 Å². The quantitative estimate of drug-likeness (QED) is 0.363. The second kappa shape index (κ2) is 12.0. The normalized spacial score (nSPS) is 16.2. The molecule has 7 heteroatoms. The lowest BCUT2D eigenvalue weighted by Crippen LogP contribution is -2.42. The zero-order valence-corrected chi connectivity index (χ0v) is 20.0. The summed E-state index contributed by atoms with van der Waals surface area (Å²) < 4.78 is 10.8. The number of esters is 1. The zero-order valence-electron chi connectivity index (χ0n) is 18.4. The Hall–Kier alpha value is -2.44. The number of halogens is 1. The average Bonchev–Trinajstić information content (AvgIpc) is 2.80. The highest BCUT2D eigenvalue weighted by atomic mass is 35.5. The Morgan fingerprint density at radius 2 is 1.97 bits per heavy atom. The smallest absolute Gasteiger partial charge is 0.310 e. The lowest BCUT2D eigenvalue weighted by atomic mass is 9.98. The van der Waals surface area contributed by atoms with Crippen LogP contribution in [0.1, 0.15) is 32.3 Å². The van der Waals surface area contributed by atoms with Crippen molar-refractivity contribution in [3.63, 3.8) is 0 Å². The molecular weight excluding hydrogens is 446 g/mol. The molecule has 1 aliphatic heterocycles. The van der Waals surface area contributed by atoms with E-state index in [4.69, 9.17) is 21.1 Å². The third-order valence-corrected chi connectivity index (χ3v) is 6.65. The molecule has 1 aliphatic rings. The topological polar surface area (TPSA) is 55.8 Å². The standard InChI is InChI=1S/C25H28ClNO4S/c1-3-30-21-9-5-6-10-23(21)32-22-13-11-18(16-20(22)26)12-14-24(28)27-15-7-8-19(17-27)25(29)31-4-2/h5-6,9-14,16,19H,3-4,7-8,15,17H2,1-2H3/b14-12+. The van der Waals surface area contributed by atoms with E-state index < -0.39 is 0 Å². The summed E-state index contributed by atoms with van der Waals surface area (Å²) in [4.78, 5) is 28.2. The van der Waals surface area contributed by atoms with Crippen LogP contribution < -0.4 is 4.74 Å². The van der Waals surface area contributed by atoms with Crippen molar-refractivity contribution in [2.75, 3.05) is 26.3 Å². The fraction of sp³-hybridized carbons (Fsp3) is 0.360. The molecule has 0 aliphatic carbocycles. The predicted molar refractivity (Wildman–Crippen MR) is 128 cm³/mol. The molecule has 32 heavy (non-hydrogen) atoms. The molecular formula is C25H28ClNO4S. The summed E-state index contributed by atoms with van der Waals surface area (Å²) in [7, 11) is 0. The van der Waals surface area contributed by atoms with Gasteiger partial charge in [-0.25, -0.2) is 0 Å². The Balaban J connectivity index is 1.64. The van der Waals surface area contributed by atoms with Crippen molar-refractivity contribution >= 4 is 41.3 Å². The predicted octanol–water partition coefficient (Wildman–Crippen LogP) is 5.70. The number of carbonyl (C=O) groups excluding carboxylic acids is 2. The van der Waals surface area contributed by atoms with Crippen LogP contribution in [0.25, 0.3) is 6.08 Å². The number of hydrogen-bond acceptors (Lipinski definition) is 5. The third kappa shape index (κ3) is 6.53. The highest BCUT2D eigenvalue weighted by molar-refractivity contribution is 7.99. The van der Waals surface area contributed by atoms with Crippen LogP contribution in [0.5, 0.6) is 5.75 Å². The van der Waals surface area contributed by atoms with Gasteiger partial charge >= 0.3 is 5.97 Å². The van der Waals surface area contributed by atoms with Crippen LogP contribution in [0, 0.1) is 5.92 Å². The minimum Gasteiger partial charge on any atom is -0.493 e. The second-order valence-electron chi connectivity index (χ2n) is 7.38. The van der Waals surface area contributed by atoms with E-state index in [0.29, 0.717) is 31.3 Å². The number of benzene rings is 2. The first-order valence-corrected chi connectivity index (χ1v) is 12.0. The third-order valence-electron chi connectivity index (χ3n) is 5.10. The van der Waals surface area contributed by atoms with E-state index in [2.05, 4.69) is 0 Å². The second-order valence-corrected chi connectivity index (χ2v) is 8.87. The summed E-state index contributed by atoms with van der Waals surface area (Å²) in [6.07, 6.45) is 4.85. The van der Waals surface area contributed by atoms with Crippen LogP contribution in [0.15, 0.2) is 58.3 Å². The van der Waals surface area contributed by atoms with Crippen molar-refractivity contribution in [3.8, 4) is 5.75 Å². The largest absolute Gasteiger partial charge is 0.493 e. The van der Waals surface area contributed by atoms with Crippen LogP contribution in [0.3, 0.4) is 0 Å². The number of amides is 1. The van der Waals surface area contributed by atoms with Gasteiger partial charge < -0.3 is 14.4 Å². The summed E-state index contributed by atoms with van der Waals surface area (Å²) in [5, 5.41) is 0.608. The van der Waals surface area contributed by atoms with E-state index in [9.17, 15) is 9.59 Å². The van der Waals surface area contributed by atoms with Gasteiger partial charge in [-0.1, -0.05) is 41.6 Å². The van der Waals surface area contributed by atoms with Gasteiger partial charge in [0.2, 0.25) is 5.91 Å². The monoisotopic (exact) mass is 473 g/mol. The van der Waals surface area contributed by atoms with Gasteiger partial charge in [0.05, 0.1) is 29.0 Å². The summed E-state index contributed by atoms with van der Waals surface area (Å²) in [6, 6.07) is 13.6. The molecule has 0 bridgehead atoms. The number of nitrogens with zero attached hydrogens (tertiary/aromatic N) is 1. The number of hydrogen-bond donors (Lipinski definition) is 0. The first-order chi connectivity index (χ1) is 15.5. The van der Waals surface area contributed by atoms with E-state index in [1.54, 1.807) is 29.7 Å². The molecule has 1 unspecified atom stereocenters. The van der Waals surface area contributed by atoms with E-state index in [0.717, 1.165) is 33.9 Å². The molecule has 0 aromatic heterocycles. The Bertz CT molecular complexity index is 978. The van der Waals surface area contributed by atoms with Crippen LogP contribution in [0.2, 0.25) is 5.02 Å². The van der Waals surface area contributed by atoms with Crippen molar-refractivity contribution in [1.29, 1.82) is 0 Å². The summed E-state index contributed by atoms with van der Waals surface area (Å²) in [6.45, 7) is 5.75. The molecule has 0 radical (unpaired) electrons. The highest BCUT2D eigenvalue weighted by Crippen LogP contribution is 2.38. The molecule has 1 heterocycles. The van der Waals surface area contributed by atoms with E-state index in [1.165, 1.54) is 6.08 Å². The first kappa shape index (κ1) is 24.2. The Morgan fingerprint density at radius 3 is 2.72 bits per heavy atom. The van der Waals surface area contributed by atoms with Crippen molar-refractivity contribution in [1.82, 2.24) is 4.90 Å². The van der Waals surface area contributed by atoms with Crippen molar-refractivity contribution < 1.29 is 19.1 Å². The van der Waals surface area contributed by atoms with Gasteiger partial charge in [-0.05, 0) is 62.6 Å². The molecule has 170 valence electrons. The Morgan fingerprint density at radius 1 is 1.16 bits per heavy atom. The molecule has 0 N–H and O–H groups in total. The van der Waals surface area contributed by atoms with Gasteiger partial charge in [0, 0.05) is 24.1 Å². The number of likely N-dealkylation sites (tertiary alicyclic amines) is 1. The van der Waals surface area contributed by atoms with Crippen molar-refractivity contribution in [3.05, 3.63) is 59.1 Å². The van der Waals surface area contributed by atoms with Gasteiger partial charge in [0.1, 0.15) is 5.75 Å². The molecule has 1 atom stereocenters. The van der Waals surface area contributed by atoms with Gasteiger partial charge in [-0.15, -0.1) is 0 Å². The summed E-state index contributed by atoms with van der Waals surface area (Å²) in [5.41, 5.74) is 0.838. The molecule has 5 nitrogen and oxygen atoms in total. The maximum absolute atomic E-state index is 12.6. The van der Waals surface area contributed by atoms with Gasteiger partial charge in [-0.2, -0.15) is 0 Å². The van der Waals surface area contributed by atoms with Gasteiger partial charge in [0.25, 0.3) is 0 Å². The van der Waals surface area contributed by atoms with E-state index in [1.807, 2.05) is 49.4 Å². The Kier molecular flexibility index (Phi) is 9.06. The molecule has 1 fully saturated rings. The fourth-order valence-corrected chi connectivity index (χ4v) is 4.74. The zero-order chi connectivity index (χ0) is 22.9. The number of rotatable bonds is 8. The lowest BCUT2D eigenvalue weighted by Gasteiger charge is -2.30. The molecule has 0 saturated carbocycles. The van der Waals surface area contributed by atoms with Gasteiger partial charge in [0.15, 0.2) is 0 Å². The van der Waals surface area contributed by atoms with Crippen LogP contribution >= 0.6 is 23.4 Å². The van der Waals surface area contributed by atoms with Crippen LogP contribution in [0.4, 0.5) is 0 Å². The molecule has 1 amide bonds. The van der Waals surface area contributed by atoms with E-state index in [-0.39, 0.29) is 17.8 Å². The SMILES string of the molecule is CCOC(=O)C1CCCN(C(=O)/C=C/c2ccc(Sc3ccccc3OCC)c(Cl)c2)C1. The minimum absolute atomic E-state index is 0.112.